The standard InChI is InChI=1S/C8H10O3/c9-7-3-4-1-5(7)2-6(4)8(10)11/h4-6H,1-3H2,(H,10,11)/t4-,5-,6-/m0/s1. The van der Waals surface area contributed by atoms with E-state index in [1.54, 1.807) is 0 Å². The van der Waals surface area contributed by atoms with Gasteiger partial charge in [-0.1, -0.05) is 0 Å². The SMILES string of the molecule is O=C1C[C@@H]2C[C@H]1C[C@@H]2C(=O)O. The minimum atomic E-state index is -0.718. The van der Waals surface area contributed by atoms with Gasteiger partial charge in [0.15, 0.2) is 0 Å². The van der Waals surface area contributed by atoms with Crippen molar-refractivity contribution in [1.29, 1.82) is 0 Å². The van der Waals surface area contributed by atoms with Crippen LogP contribution in [0.25, 0.3) is 0 Å². The molecule has 2 fully saturated rings. The Hall–Kier alpha value is -0.860. The van der Waals surface area contributed by atoms with Crippen LogP contribution in [0.3, 0.4) is 0 Å². The van der Waals surface area contributed by atoms with Crippen LogP contribution < -0.4 is 0 Å². The predicted molar refractivity (Wildman–Crippen MR) is 37.0 cm³/mol. The molecule has 0 heterocycles. The summed E-state index contributed by atoms with van der Waals surface area (Å²) >= 11 is 0. The molecular weight excluding hydrogens is 144 g/mol. The molecule has 0 amide bonds. The summed E-state index contributed by atoms with van der Waals surface area (Å²) in [7, 11) is 0. The molecule has 0 aromatic rings. The van der Waals surface area contributed by atoms with Crippen LogP contribution in [-0.4, -0.2) is 16.9 Å². The summed E-state index contributed by atoms with van der Waals surface area (Å²) in [6, 6.07) is 0. The molecule has 0 unspecified atom stereocenters. The number of fused-ring (bicyclic) bond motifs is 2. The molecule has 2 aliphatic rings. The van der Waals surface area contributed by atoms with Crippen molar-refractivity contribution in [2.45, 2.75) is 19.3 Å². The van der Waals surface area contributed by atoms with Crippen molar-refractivity contribution < 1.29 is 14.7 Å². The quantitative estimate of drug-likeness (QED) is 0.604. The Balaban J connectivity index is 2.14. The molecule has 0 aromatic carbocycles. The van der Waals surface area contributed by atoms with Crippen LogP contribution in [0, 0.1) is 17.8 Å². The van der Waals surface area contributed by atoms with Crippen molar-refractivity contribution in [3.8, 4) is 0 Å². The number of aliphatic carboxylic acids is 1. The lowest BCUT2D eigenvalue weighted by atomic mass is 9.88. The van der Waals surface area contributed by atoms with Crippen LogP contribution >= 0.6 is 0 Å². The third kappa shape index (κ3) is 0.870. The Labute approximate surface area is 64.4 Å². The monoisotopic (exact) mass is 154 g/mol. The Morgan fingerprint density at radius 3 is 2.55 bits per heavy atom. The number of carbonyl (C=O) groups excluding carboxylic acids is 1. The normalized spacial score (nSPS) is 41.5. The van der Waals surface area contributed by atoms with E-state index >= 15 is 0 Å². The van der Waals surface area contributed by atoms with E-state index in [-0.39, 0.29) is 23.5 Å². The van der Waals surface area contributed by atoms with Crippen molar-refractivity contribution >= 4 is 11.8 Å². The third-order valence-corrected chi connectivity index (χ3v) is 2.93. The number of rotatable bonds is 1. The molecular formula is C8H10O3. The fourth-order valence-electron chi connectivity index (χ4n) is 2.34. The van der Waals surface area contributed by atoms with E-state index in [0.29, 0.717) is 12.8 Å². The maximum atomic E-state index is 11.0. The zero-order valence-electron chi connectivity index (χ0n) is 6.12. The molecule has 2 saturated carbocycles. The lowest BCUT2D eigenvalue weighted by Crippen LogP contribution is -2.23. The molecule has 2 rings (SSSR count). The molecule has 1 N–H and O–H groups in total. The zero-order chi connectivity index (χ0) is 8.01. The van der Waals surface area contributed by atoms with E-state index in [1.807, 2.05) is 0 Å². The van der Waals surface area contributed by atoms with Gasteiger partial charge in [0.2, 0.25) is 0 Å². The average molecular weight is 154 g/mol. The van der Waals surface area contributed by atoms with Crippen LogP contribution in [0.5, 0.6) is 0 Å². The summed E-state index contributed by atoms with van der Waals surface area (Å²) < 4.78 is 0. The molecule has 3 heteroatoms. The summed E-state index contributed by atoms with van der Waals surface area (Å²) in [5.74, 6) is -0.415. The summed E-state index contributed by atoms with van der Waals surface area (Å²) in [5, 5.41) is 8.71. The Morgan fingerprint density at radius 2 is 2.18 bits per heavy atom. The first-order valence-corrected chi connectivity index (χ1v) is 3.94. The van der Waals surface area contributed by atoms with E-state index in [2.05, 4.69) is 0 Å². The highest BCUT2D eigenvalue weighted by Gasteiger charge is 2.47. The first kappa shape index (κ1) is 6.83. The maximum absolute atomic E-state index is 11.0. The fourth-order valence-corrected chi connectivity index (χ4v) is 2.34. The molecule has 2 bridgehead atoms. The highest BCUT2D eigenvalue weighted by atomic mass is 16.4. The second-order valence-corrected chi connectivity index (χ2v) is 3.54. The molecule has 0 saturated heterocycles. The lowest BCUT2D eigenvalue weighted by Gasteiger charge is -2.15. The highest BCUT2D eigenvalue weighted by molar-refractivity contribution is 5.87. The number of Topliss-reactive ketones (excluding diaryl/α,β-unsaturated/α-hetero) is 1. The second kappa shape index (κ2) is 2.06. The molecule has 3 nitrogen and oxygen atoms in total. The van der Waals surface area contributed by atoms with Gasteiger partial charge in [-0.15, -0.1) is 0 Å². The minimum absolute atomic E-state index is 0.0844. The molecule has 60 valence electrons. The van der Waals surface area contributed by atoms with E-state index in [1.165, 1.54) is 0 Å². The molecule has 3 atom stereocenters. The lowest BCUT2D eigenvalue weighted by molar-refractivity contribution is -0.144. The number of ketones is 1. The second-order valence-electron chi connectivity index (χ2n) is 3.54. The topological polar surface area (TPSA) is 54.4 Å². The summed E-state index contributed by atoms with van der Waals surface area (Å²) in [6.45, 7) is 0. The number of hydrogen-bond donors (Lipinski definition) is 1. The average Bonchev–Trinajstić information content (AvgIpc) is 2.43. The maximum Gasteiger partial charge on any atom is 0.306 e. The Bertz CT molecular complexity index is 221. The number of carboxylic acid groups (broad SMARTS) is 1. The molecule has 0 spiro atoms. The summed E-state index contributed by atoms with van der Waals surface area (Å²) in [6.07, 6.45) is 1.94. The molecule has 0 aliphatic heterocycles. The first-order valence-electron chi connectivity index (χ1n) is 3.94. The van der Waals surface area contributed by atoms with E-state index in [4.69, 9.17) is 5.11 Å². The van der Waals surface area contributed by atoms with Crippen LogP contribution in [0.1, 0.15) is 19.3 Å². The Morgan fingerprint density at radius 1 is 1.45 bits per heavy atom. The van der Waals surface area contributed by atoms with Crippen LogP contribution in [0.4, 0.5) is 0 Å². The number of carboxylic acids is 1. The van der Waals surface area contributed by atoms with Crippen LogP contribution in [-0.2, 0) is 9.59 Å². The van der Waals surface area contributed by atoms with Gasteiger partial charge in [0.1, 0.15) is 5.78 Å². The largest absolute Gasteiger partial charge is 0.481 e. The predicted octanol–water partition coefficient (Wildman–Crippen LogP) is 0.686. The van der Waals surface area contributed by atoms with E-state index in [0.717, 1.165) is 6.42 Å². The smallest absolute Gasteiger partial charge is 0.306 e. The fraction of sp³-hybridized carbons (Fsp3) is 0.750. The highest BCUT2D eigenvalue weighted by Crippen LogP contribution is 2.46. The van der Waals surface area contributed by atoms with Gasteiger partial charge in [-0.2, -0.15) is 0 Å². The number of carbonyl (C=O) groups is 2. The van der Waals surface area contributed by atoms with Crippen molar-refractivity contribution in [2.24, 2.45) is 17.8 Å². The van der Waals surface area contributed by atoms with Crippen molar-refractivity contribution in [3.63, 3.8) is 0 Å². The first-order chi connectivity index (χ1) is 5.18. The van der Waals surface area contributed by atoms with Gasteiger partial charge in [-0.3, -0.25) is 9.59 Å². The van der Waals surface area contributed by atoms with E-state index < -0.39 is 5.97 Å². The van der Waals surface area contributed by atoms with Gasteiger partial charge in [0.25, 0.3) is 0 Å². The van der Waals surface area contributed by atoms with Gasteiger partial charge >= 0.3 is 5.97 Å². The molecule has 11 heavy (non-hydrogen) atoms. The minimum Gasteiger partial charge on any atom is -0.481 e. The zero-order valence-corrected chi connectivity index (χ0v) is 6.12. The van der Waals surface area contributed by atoms with Gasteiger partial charge in [0.05, 0.1) is 5.92 Å². The third-order valence-electron chi connectivity index (χ3n) is 2.93. The van der Waals surface area contributed by atoms with Crippen LogP contribution in [0.2, 0.25) is 0 Å². The van der Waals surface area contributed by atoms with Crippen LogP contribution in [0.15, 0.2) is 0 Å². The summed E-state index contributed by atoms with van der Waals surface area (Å²) in [4.78, 5) is 21.6. The van der Waals surface area contributed by atoms with Crippen molar-refractivity contribution in [3.05, 3.63) is 0 Å². The van der Waals surface area contributed by atoms with Gasteiger partial charge in [-0.25, -0.2) is 0 Å². The van der Waals surface area contributed by atoms with Crippen molar-refractivity contribution in [2.75, 3.05) is 0 Å². The van der Waals surface area contributed by atoms with Crippen molar-refractivity contribution in [1.82, 2.24) is 0 Å². The molecule has 0 aromatic heterocycles. The molecule has 2 aliphatic carbocycles. The van der Waals surface area contributed by atoms with Gasteiger partial charge in [0, 0.05) is 12.3 Å². The Kier molecular flexibility index (Phi) is 1.28. The summed E-state index contributed by atoms with van der Waals surface area (Å²) in [5.41, 5.74) is 0. The molecule has 0 radical (unpaired) electrons. The van der Waals surface area contributed by atoms with Gasteiger partial charge < -0.3 is 5.11 Å². The van der Waals surface area contributed by atoms with Gasteiger partial charge in [-0.05, 0) is 18.8 Å². The van der Waals surface area contributed by atoms with E-state index in [9.17, 15) is 9.59 Å². The number of hydrogen-bond acceptors (Lipinski definition) is 2.